The van der Waals surface area contributed by atoms with E-state index in [-0.39, 0.29) is 16.5 Å². The Balaban J connectivity index is 3.06. The SMILES string of the molecule is CCN(CC)S(=O)(=O)Nc1ccc(/C(N)=N/O)cc1Cl. The maximum Gasteiger partial charge on any atom is 0.301 e. The van der Waals surface area contributed by atoms with Gasteiger partial charge in [0.15, 0.2) is 5.84 Å². The van der Waals surface area contributed by atoms with Gasteiger partial charge in [0.1, 0.15) is 0 Å². The number of nitrogens with one attached hydrogen (secondary N) is 1. The minimum Gasteiger partial charge on any atom is -0.409 e. The zero-order valence-electron chi connectivity index (χ0n) is 11.2. The maximum absolute atomic E-state index is 12.1. The molecule has 0 atom stereocenters. The van der Waals surface area contributed by atoms with Crippen molar-refractivity contribution in [2.45, 2.75) is 13.8 Å². The summed E-state index contributed by atoms with van der Waals surface area (Å²) in [5.74, 6) is -0.106. The van der Waals surface area contributed by atoms with E-state index in [1.165, 1.54) is 22.5 Å². The van der Waals surface area contributed by atoms with Gasteiger partial charge in [0.05, 0.1) is 10.7 Å². The summed E-state index contributed by atoms with van der Waals surface area (Å²) in [6.07, 6.45) is 0. The van der Waals surface area contributed by atoms with Gasteiger partial charge in [-0.1, -0.05) is 30.6 Å². The number of hydrogen-bond acceptors (Lipinski definition) is 4. The molecule has 0 aliphatic rings. The third-order valence-electron chi connectivity index (χ3n) is 2.66. The van der Waals surface area contributed by atoms with Crippen LogP contribution < -0.4 is 10.5 Å². The monoisotopic (exact) mass is 320 g/mol. The van der Waals surface area contributed by atoms with Crippen molar-refractivity contribution in [2.75, 3.05) is 17.8 Å². The molecule has 0 saturated carbocycles. The van der Waals surface area contributed by atoms with E-state index in [4.69, 9.17) is 22.5 Å². The fraction of sp³-hybridized carbons (Fsp3) is 0.364. The molecule has 9 heteroatoms. The lowest BCUT2D eigenvalue weighted by atomic mass is 10.2. The van der Waals surface area contributed by atoms with Crippen LogP contribution in [0.15, 0.2) is 23.4 Å². The number of oxime groups is 1. The van der Waals surface area contributed by atoms with Gasteiger partial charge in [0.25, 0.3) is 0 Å². The standard InChI is InChI=1S/C11H17ClN4O3S/c1-3-16(4-2)20(18,19)15-10-6-5-8(7-9(10)12)11(13)14-17/h5-7,15,17H,3-4H2,1-2H3,(H2,13,14). The Morgan fingerprint density at radius 1 is 1.45 bits per heavy atom. The van der Waals surface area contributed by atoms with Gasteiger partial charge in [-0.05, 0) is 18.2 Å². The van der Waals surface area contributed by atoms with Gasteiger partial charge in [0, 0.05) is 18.7 Å². The number of benzene rings is 1. The Morgan fingerprint density at radius 3 is 2.50 bits per heavy atom. The smallest absolute Gasteiger partial charge is 0.301 e. The second kappa shape index (κ2) is 6.78. The molecule has 0 bridgehead atoms. The van der Waals surface area contributed by atoms with Crippen LogP contribution in [0.3, 0.4) is 0 Å². The summed E-state index contributed by atoms with van der Waals surface area (Å²) >= 11 is 5.99. The van der Waals surface area contributed by atoms with Crippen LogP contribution in [0.4, 0.5) is 5.69 Å². The summed E-state index contributed by atoms with van der Waals surface area (Å²) in [5.41, 5.74) is 6.05. The fourth-order valence-electron chi connectivity index (χ4n) is 1.58. The predicted octanol–water partition coefficient (Wildman–Crippen LogP) is 1.43. The summed E-state index contributed by atoms with van der Waals surface area (Å²) in [6, 6.07) is 4.37. The van der Waals surface area contributed by atoms with E-state index in [2.05, 4.69) is 9.88 Å². The van der Waals surface area contributed by atoms with Gasteiger partial charge < -0.3 is 10.9 Å². The van der Waals surface area contributed by atoms with Crippen LogP contribution in [0.5, 0.6) is 0 Å². The molecule has 0 aliphatic heterocycles. The molecule has 0 aromatic heterocycles. The molecule has 7 nitrogen and oxygen atoms in total. The first-order valence-corrected chi connectivity index (χ1v) is 7.72. The van der Waals surface area contributed by atoms with Gasteiger partial charge in [0.2, 0.25) is 0 Å². The number of amidine groups is 1. The molecule has 0 heterocycles. The Hall–Kier alpha value is -1.51. The number of nitrogens with two attached hydrogens (primary N) is 1. The number of rotatable bonds is 6. The quantitative estimate of drug-likeness (QED) is 0.319. The summed E-state index contributed by atoms with van der Waals surface area (Å²) in [7, 11) is -3.65. The first-order valence-electron chi connectivity index (χ1n) is 5.91. The second-order valence-electron chi connectivity index (χ2n) is 3.87. The van der Waals surface area contributed by atoms with Crippen molar-refractivity contribution < 1.29 is 13.6 Å². The van der Waals surface area contributed by atoms with Gasteiger partial charge in [-0.3, -0.25) is 4.72 Å². The molecular formula is C11H17ClN4O3S. The van der Waals surface area contributed by atoms with Gasteiger partial charge in [-0.15, -0.1) is 0 Å². The maximum atomic E-state index is 12.1. The normalized spacial score (nSPS) is 12.7. The summed E-state index contributed by atoms with van der Waals surface area (Å²) < 4.78 is 27.8. The molecule has 1 rings (SSSR count). The third-order valence-corrected chi connectivity index (χ3v) is 4.64. The largest absolute Gasteiger partial charge is 0.409 e. The highest BCUT2D eigenvalue weighted by Crippen LogP contribution is 2.24. The van der Waals surface area contributed by atoms with E-state index in [0.717, 1.165) is 0 Å². The summed E-state index contributed by atoms with van der Waals surface area (Å²) in [4.78, 5) is 0. The molecule has 0 fully saturated rings. The van der Waals surface area contributed by atoms with E-state index in [0.29, 0.717) is 18.7 Å². The van der Waals surface area contributed by atoms with E-state index in [1.807, 2.05) is 0 Å². The molecule has 4 N–H and O–H groups in total. The third kappa shape index (κ3) is 3.75. The fourth-order valence-corrected chi connectivity index (χ4v) is 3.13. The van der Waals surface area contributed by atoms with Crippen molar-refractivity contribution in [3.63, 3.8) is 0 Å². The van der Waals surface area contributed by atoms with E-state index in [9.17, 15) is 8.42 Å². The lowest BCUT2D eigenvalue weighted by Crippen LogP contribution is -2.35. The average molecular weight is 321 g/mol. The van der Waals surface area contributed by atoms with Gasteiger partial charge in [-0.25, -0.2) is 0 Å². The van der Waals surface area contributed by atoms with Crippen molar-refractivity contribution in [2.24, 2.45) is 10.9 Å². The first-order chi connectivity index (χ1) is 9.35. The molecule has 0 spiro atoms. The van der Waals surface area contributed by atoms with Crippen LogP contribution >= 0.6 is 11.6 Å². The Morgan fingerprint density at radius 2 is 2.05 bits per heavy atom. The topological polar surface area (TPSA) is 108 Å². The molecular weight excluding hydrogens is 304 g/mol. The van der Waals surface area contributed by atoms with Crippen molar-refractivity contribution in [3.8, 4) is 0 Å². The molecule has 1 aromatic rings. The van der Waals surface area contributed by atoms with Gasteiger partial charge >= 0.3 is 10.2 Å². The summed E-state index contributed by atoms with van der Waals surface area (Å²) in [5, 5.41) is 11.6. The molecule has 0 aliphatic carbocycles. The van der Waals surface area contributed by atoms with Crippen LogP contribution in [0.2, 0.25) is 5.02 Å². The average Bonchev–Trinajstić information content (AvgIpc) is 2.41. The molecule has 20 heavy (non-hydrogen) atoms. The van der Waals surface area contributed by atoms with E-state index < -0.39 is 10.2 Å². The minimum atomic E-state index is -3.65. The van der Waals surface area contributed by atoms with Crippen molar-refractivity contribution in [1.29, 1.82) is 0 Å². The molecule has 1 aromatic carbocycles. The first kappa shape index (κ1) is 16.5. The van der Waals surface area contributed by atoms with E-state index >= 15 is 0 Å². The highest BCUT2D eigenvalue weighted by atomic mass is 35.5. The number of halogens is 1. The second-order valence-corrected chi connectivity index (χ2v) is 5.95. The highest BCUT2D eigenvalue weighted by molar-refractivity contribution is 7.90. The van der Waals surface area contributed by atoms with Crippen LogP contribution in [0, 0.1) is 0 Å². The Bertz CT molecular complexity index is 600. The molecule has 0 radical (unpaired) electrons. The number of hydrogen-bond donors (Lipinski definition) is 3. The lowest BCUT2D eigenvalue weighted by Gasteiger charge is -2.20. The molecule has 0 saturated heterocycles. The van der Waals surface area contributed by atoms with Crippen molar-refractivity contribution in [1.82, 2.24) is 4.31 Å². The lowest BCUT2D eigenvalue weighted by molar-refractivity contribution is 0.318. The highest BCUT2D eigenvalue weighted by Gasteiger charge is 2.19. The predicted molar refractivity (Wildman–Crippen MR) is 79.4 cm³/mol. The zero-order valence-corrected chi connectivity index (χ0v) is 12.7. The number of anilines is 1. The van der Waals surface area contributed by atoms with Crippen molar-refractivity contribution >= 4 is 33.3 Å². The minimum absolute atomic E-state index is 0.106. The molecule has 0 unspecified atom stereocenters. The van der Waals surface area contributed by atoms with Gasteiger partial charge in [-0.2, -0.15) is 12.7 Å². The number of nitrogens with zero attached hydrogens (tertiary/aromatic N) is 2. The van der Waals surface area contributed by atoms with Crippen LogP contribution in [0.25, 0.3) is 0 Å². The van der Waals surface area contributed by atoms with Crippen LogP contribution in [-0.4, -0.2) is 36.9 Å². The Kier molecular flexibility index (Phi) is 5.61. The van der Waals surface area contributed by atoms with Crippen molar-refractivity contribution in [3.05, 3.63) is 28.8 Å². The zero-order chi connectivity index (χ0) is 15.3. The molecule has 0 amide bonds. The van der Waals surface area contributed by atoms with Crippen LogP contribution in [-0.2, 0) is 10.2 Å². The van der Waals surface area contributed by atoms with E-state index in [1.54, 1.807) is 13.8 Å². The summed E-state index contributed by atoms with van der Waals surface area (Å²) in [6.45, 7) is 4.19. The molecule has 112 valence electrons. The van der Waals surface area contributed by atoms with Crippen LogP contribution in [0.1, 0.15) is 19.4 Å². The Labute approximate surface area is 123 Å².